The van der Waals surface area contributed by atoms with Crippen molar-refractivity contribution in [3.8, 4) is 33.4 Å². The number of furan rings is 1. The molecule has 9 rings (SSSR count). The first-order valence-electron chi connectivity index (χ1n) is 14.9. The summed E-state index contributed by atoms with van der Waals surface area (Å²) in [4.78, 5) is 0. The first kappa shape index (κ1) is 24.2. The molecule has 0 fully saturated rings. The maximum absolute atomic E-state index is 6.59. The maximum atomic E-state index is 6.59. The van der Waals surface area contributed by atoms with Crippen molar-refractivity contribution in [3.05, 3.63) is 145 Å². The second-order valence-electron chi connectivity index (χ2n) is 11.7. The third-order valence-electron chi connectivity index (χ3n) is 9.35. The normalized spacial score (nSPS) is 12.0. The van der Waals surface area contributed by atoms with Crippen LogP contribution >= 0.6 is 0 Å². The van der Waals surface area contributed by atoms with Crippen LogP contribution in [0.15, 0.2) is 138 Å². The highest BCUT2D eigenvalue weighted by molar-refractivity contribution is 6.30. The quantitative estimate of drug-likeness (QED) is 0.200. The predicted molar refractivity (Wildman–Crippen MR) is 183 cm³/mol. The molecule has 8 aromatic carbocycles. The smallest absolute Gasteiger partial charge is 0.143 e. The van der Waals surface area contributed by atoms with Gasteiger partial charge in [0.05, 0.1) is 0 Å². The lowest BCUT2D eigenvalue weighted by atomic mass is 9.83. The minimum absolute atomic E-state index is 0.921. The lowest BCUT2D eigenvalue weighted by Crippen LogP contribution is -1.94. The summed E-state index contributed by atoms with van der Waals surface area (Å²) in [6, 6.07) is 48.6. The van der Waals surface area contributed by atoms with Crippen LogP contribution < -0.4 is 0 Å². The molecule has 0 amide bonds. The molecule has 0 aliphatic carbocycles. The average Bonchev–Trinajstić information content (AvgIpc) is 3.43. The van der Waals surface area contributed by atoms with Crippen molar-refractivity contribution in [3.63, 3.8) is 0 Å². The van der Waals surface area contributed by atoms with Gasteiger partial charge in [-0.15, -0.1) is 0 Å². The summed E-state index contributed by atoms with van der Waals surface area (Å²) in [5.41, 5.74) is 11.8. The van der Waals surface area contributed by atoms with E-state index in [1.54, 1.807) is 0 Å². The van der Waals surface area contributed by atoms with E-state index < -0.39 is 0 Å². The largest absolute Gasteiger partial charge is 0.455 e. The monoisotopic (exact) mass is 548 g/mol. The number of benzene rings is 8. The first-order chi connectivity index (χ1) is 21.2. The van der Waals surface area contributed by atoms with Gasteiger partial charge in [0, 0.05) is 16.3 Å². The van der Waals surface area contributed by atoms with E-state index in [2.05, 4.69) is 141 Å². The summed E-state index contributed by atoms with van der Waals surface area (Å²) in [7, 11) is 0. The zero-order chi connectivity index (χ0) is 28.7. The fraction of sp³-hybridized carbons (Fsp3) is 0.0476. The van der Waals surface area contributed by atoms with Gasteiger partial charge in [-0.3, -0.25) is 0 Å². The molecule has 0 atom stereocenters. The summed E-state index contributed by atoms with van der Waals surface area (Å²) in [5, 5.41) is 10.0. The molecular weight excluding hydrogens is 520 g/mol. The molecule has 0 spiro atoms. The third-order valence-corrected chi connectivity index (χ3v) is 9.35. The molecular formula is C42H28O. The van der Waals surface area contributed by atoms with Crippen molar-refractivity contribution in [1.82, 2.24) is 0 Å². The predicted octanol–water partition coefficient (Wildman–Crippen LogP) is 12.1. The maximum Gasteiger partial charge on any atom is 0.143 e. The SMILES string of the molecule is Cc1ccccc1-c1ccc2ccc3c(-c4ccccc4C)cc(-c4cccc5c4oc4ccccc45)c4ccc1c2c34. The van der Waals surface area contributed by atoms with E-state index in [4.69, 9.17) is 4.42 Å². The van der Waals surface area contributed by atoms with Crippen LogP contribution in [-0.4, -0.2) is 0 Å². The summed E-state index contributed by atoms with van der Waals surface area (Å²) in [6.07, 6.45) is 0. The van der Waals surface area contributed by atoms with E-state index in [9.17, 15) is 0 Å². The molecule has 1 heteroatoms. The second-order valence-corrected chi connectivity index (χ2v) is 11.7. The zero-order valence-corrected chi connectivity index (χ0v) is 24.1. The number of aryl methyl sites for hydroxylation is 2. The summed E-state index contributed by atoms with van der Waals surface area (Å²) < 4.78 is 6.59. The Morgan fingerprint density at radius 3 is 1.70 bits per heavy atom. The zero-order valence-electron chi connectivity index (χ0n) is 24.1. The standard InChI is InChI=1S/C42H28O/c1-25-10-3-5-12-28(25)30-20-18-27-19-21-33-37(29-13-6-4-11-26(29)2)24-38(34-23-22-32(30)40(27)41(33)34)36-16-9-15-35-31-14-7-8-17-39(31)43-42(35)36/h3-24H,1-2H3. The summed E-state index contributed by atoms with van der Waals surface area (Å²) in [5.74, 6) is 0. The number of rotatable bonds is 3. The minimum Gasteiger partial charge on any atom is -0.455 e. The van der Waals surface area contributed by atoms with Crippen molar-refractivity contribution in [1.29, 1.82) is 0 Å². The molecule has 43 heavy (non-hydrogen) atoms. The molecule has 1 nitrogen and oxygen atoms in total. The van der Waals surface area contributed by atoms with E-state index in [1.165, 1.54) is 71.3 Å². The lowest BCUT2D eigenvalue weighted by molar-refractivity contribution is 0.670. The Morgan fingerprint density at radius 1 is 0.372 bits per heavy atom. The molecule has 0 radical (unpaired) electrons. The van der Waals surface area contributed by atoms with Crippen LogP contribution in [0.4, 0.5) is 0 Å². The Morgan fingerprint density at radius 2 is 0.930 bits per heavy atom. The molecule has 0 aliphatic heterocycles. The Hall–Kier alpha value is -5.40. The highest BCUT2D eigenvalue weighted by atomic mass is 16.3. The Labute approximate surface area is 250 Å². The van der Waals surface area contributed by atoms with Gasteiger partial charge in [-0.25, -0.2) is 0 Å². The van der Waals surface area contributed by atoms with Crippen molar-refractivity contribution >= 4 is 54.3 Å². The van der Waals surface area contributed by atoms with Crippen molar-refractivity contribution < 1.29 is 4.42 Å². The van der Waals surface area contributed by atoms with E-state index >= 15 is 0 Å². The number of para-hydroxylation sites is 2. The molecule has 1 heterocycles. The van der Waals surface area contributed by atoms with E-state index in [1.807, 2.05) is 6.07 Å². The van der Waals surface area contributed by atoms with Crippen molar-refractivity contribution in [2.45, 2.75) is 13.8 Å². The Kier molecular flexibility index (Phi) is 5.10. The van der Waals surface area contributed by atoms with Gasteiger partial charge in [0.15, 0.2) is 0 Å². The van der Waals surface area contributed by atoms with Gasteiger partial charge in [0.2, 0.25) is 0 Å². The highest BCUT2D eigenvalue weighted by Crippen LogP contribution is 2.48. The Balaban J connectivity index is 1.47. The van der Waals surface area contributed by atoms with Gasteiger partial charge >= 0.3 is 0 Å². The van der Waals surface area contributed by atoms with Gasteiger partial charge in [-0.1, -0.05) is 121 Å². The van der Waals surface area contributed by atoms with Crippen LogP contribution in [-0.2, 0) is 0 Å². The number of fused-ring (bicyclic) bond motifs is 3. The fourth-order valence-electron chi connectivity index (χ4n) is 7.29. The molecule has 0 saturated carbocycles. The molecule has 0 unspecified atom stereocenters. The van der Waals surface area contributed by atoms with Gasteiger partial charge < -0.3 is 4.42 Å². The average molecular weight is 549 g/mol. The van der Waals surface area contributed by atoms with E-state index in [0.29, 0.717) is 0 Å². The second kappa shape index (κ2) is 9.05. The lowest BCUT2D eigenvalue weighted by Gasteiger charge is -2.20. The van der Waals surface area contributed by atoms with Crippen molar-refractivity contribution in [2.75, 3.05) is 0 Å². The Bertz CT molecular complexity index is 2530. The molecule has 9 aromatic rings. The molecule has 0 saturated heterocycles. The van der Waals surface area contributed by atoms with Gasteiger partial charge in [0.25, 0.3) is 0 Å². The molecule has 1 aromatic heterocycles. The molecule has 0 N–H and O–H groups in total. The fourth-order valence-corrected chi connectivity index (χ4v) is 7.29. The van der Waals surface area contributed by atoms with Crippen LogP contribution in [0.2, 0.25) is 0 Å². The van der Waals surface area contributed by atoms with Crippen LogP contribution in [0.25, 0.3) is 87.6 Å². The van der Waals surface area contributed by atoms with Crippen LogP contribution in [0, 0.1) is 13.8 Å². The van der Waals surface area contributed by atoms with E-state index in [-0.39, 0.29) is 0 Å². The van der Waals surface area contributed by atoms with Crippen molar-refractivity contribution in [2.24, 2.45) is 0 Å². The molecule has 0 bridgehead atoms. The molecule has 202 valence electrons. The molecule has 0 aliphatic rings. The van der Waals surface area contributed by atoms with Gasteiger partial charge in [-0.05, 0) is 97.2 Å². The summed E-state index contributed by atoms with van der Waals surface area (Å²) >= 11 is 0. The summed E-state index contributed by atoms with van der Waals surface area (Å²) in [6.45, 7) is 4.42. The minimum atomic E-state index is 0.921. The topological polar surface area (TPSA) is 13.1 Å². The van der Waals surface area contributed by atoms with Crippen LogP contribution in [0.3, 0.4) is 0 Å². The van der Waals surface area contributed by atoms with Crippen LogP contribution in [0.1, 0.15) is 11.1 Å². The van der Waals surface area contributed by atoms with E-state index in [0.717, 1.165) is 27.5 Å². The van der Waals surface area contributed by atoms with Crippen LogP contribution in [0.5, 0.6) is 0 Å². The van der Waals surface area contributed by atoms with Gasteiger partial charge in [-0.2, -0.15) is 0 Å². The number of hydrogen-bond donors (Lipinski definition) is 0. The third kappa shape index (κ3) is 3.46. The first-order valence-corrected chi connectivity index (χ1v) is 14.9. The highest BCUT2D eigenvalue weighted by Gasteiger charge is 2.21. The number of hydrogen-bond acceptors (Lipinski definition) is 1. The van der Waals surface area contributed by atoms with Gasteiger partial charge in [0.1, 0.15) is 11.2 Å².